The Morgan fingerprint density at radius 3 is 1.98 bits per heavy atom. The molecule has 7 aromatic rings. The minimum Gasteiger partial charge on any atom is -0.481 e. The molecule has 11 rings (SSSR count). The number of carboxylic acids is 2. The van der Waals surface area contributed by atoms with E-state index in [1.807, 2.05) is 19.6 Å². The molecule has 3 unspecified atom stereocenters. The van der Waals surface area contributed by atoms with Crippen molar-refractivity contribution >= 4 is 115 Å². The van der Waals surface area contributed by atoms with Crippen molar-refractivity contribution in [3.63, 3.8) is 0 Å². The summed E-state index contributed by atoms with van der Waals surface area (Å²) < 4.78 is 38.4. The zero-order valence-electron chi connectivity index (χ0n) is 62.9. The lowest BCUT2D eigenvalue weighted by molar-refractivity contribution is -0.346. The first-order chi connectivity index (χ1) is 52.9. The van der Waals surface area contributed by atoms with Crippen molar-refractivity contribution in [2.75, 3.05) is 23.0 Å². The van der Waals surface area contributed by atoms with Crippen LogP contribution in [-0.4, -0.2) is 182 Å². The minimum atomic E-state index is -3.19. The molecule has 31 nitrogen and oxygen atoms in total. The van der Waals surface area contributed by atoms with Gasteiger partial charge in [-0.05, 0) is 140 Å². The molecular formula is C79H89N9O22Si2. The molecule has 0 radical (unpaired) electrons. The van der Waals surface area contributed by atoms with E-state index in [-0.39, 0.29) is 83.6 Å². The first-order valence-corrected chi connectivity index (χ1v) is 41.9. The number of aliphatic carboxylic acids is 2. The van der Waals surface area contributed by atoms with E-state index in [1.165, 1.54) is 70.3 Å². The number of ketones is 1. The summed E-state index contributed by atoms with van der Waals surface area (Å²) in [5.41, 5.74) is -1.56. The Kier molecular flexibility index (Phi) is 23.8. The van der Waals surface area contributed by atoms with E-state index >= 15 is 9.59 Å². The van der Waals surface area contributed by atoms with Crippen LogP contribution >= 0.6 is 0 Å². The molecule has 13 atom stereocenters. The Labute approximate surface area is 644 Å². The lowest BCUT2D eigenvalue weighted by atomic mass is 9.44. The van der Waals surface area contributed by atoms with Crippen LogP contribution in [0.1, 0.15) is 128 Å². The van der Waals surface area contributed by atoms with Crippen LogP contribution < -0.4 is 42.9 Å². The van der Waals surface area contributed by atoms with Crippen LogP contribution in [0.3, 0.4) is 0 Å². The van der Waals surface area contributed by atoms with Gasteiger partial charge in [0.2, 0.25) is 28.5 Å². The van der Waals surface area contributed by atoms with Gasteiger partial charge in [0.15, 0.2) is 34.8 Å². The number of H-pyrrole nitrogens is 1. The third kappa shape index (κ3) is 16.7. The van der Waals surface area contributed by atoms with E-state index in [4.69, 9.17) is 33.5 Å². The molecule has 2 saturated carbocycles. The molecule has 4 aliphatic rings. The molecule has 3 amide bonds. The SMILES string of the molecule is CC(=O)O[C@H]1C(=O)[C@@]2(C)[C@H]([C@H](OC(=O)c3ccc([Si](C)(C)O[Si](C)(CCCC(=O)O)c4ccc(NC(=O)CC[C@H](NC(=O)c5ccc(NCc6cnc7nc(N)[nH]c(=O)c7n6)cc5)C(=O)O)cc4)cc3)[C@]3(O)CC(OC(=O)[C@H](O)C(NC(=O)c4ccccc4)c4ccccc4)C(C)=C1C3(C)C)[C@]1(OC(C)=O)CO[C@@H]1C[C@@H]2O. The fourth-order valence-corrected chi connectivity index (χ4v) is 24.8. The summed E-state index contributed by atoms with van der Waals surface area (Å²) in [7, 11) is -6.34. The highest BCUT2D eigenvalue weighted by atomic mass is 28.4. The summed E-state index contributed by atoms with van der Waals surface area (Å²) in [6, 6.07) is 32.7. The standard InChI is InChI=1S/C79H89N9O22Si2/c1-42-55(107-74(103)63(95)61(45-17-12-10-13-18-45)86-70(98)46-19-14-11-15-20-46)38-79(104)67(65-77(6,56(91)37-57-78(65,41-105-57)109-44(3)90)66(96)64(106-43(2)89)60(42)76(79,4)5)108-73(102)48-24-30-52(31-25-48)111(7,8)110-112(9,36-16-21-59(93)94)53-32-28-50(29-33-53)83-58(92)35-34-54(72(100)101)85-69(97)47-22-26-49(27-23-47)81-39-51-40-82-68-62(84-51)71(99)88-75(80)87-68/h10-15,17-20,22-33,40,54-57,61,63-65,67,81,91,95,104H,16,21,34-39,41H2,1-9H3,(H,83,92)(H,85,97)(H,86,98)(H,93,94)(H,100,101)(H3,80,82,87,88,99)/t54-,55?,56-,57+,61?,63+,64+,65-,67-,77+,78-,79+,112?/m0/s1. The summed E-state index contributed by atoms with van der Waals surface area (Å²) in [5, 5.41) is 71.2. The van der Waals surface area contributed by atoms with E-state index in [9.17, 15) is 68.7 Å². The number of carboxylic acid groups (broad SMARTS) is 2. The van der Waals surface area contributed by atoms with E-state index < -0.39 is 171 Å². The smallest absolute Gasteiger partial charge is 0.338 e. The number of aliphatic hydroxyl groups excluding tert-OH is 2. The van der Waals surface area contributed by atoms with Gasteiger partial charge in [-0.25, -0.2) is 24.4 Å². The number of carbonyl (C=O) groups is 10. The molecule has 2 aromatic heterocycles. The summed E-state index contributed by atoms with van der Waals surface area (Å²) >= 11 is 0. The van der Waals surface area contributed by atoms with Gasteiger partial charge in [-0.2, -0.15) is 4.98 Å². The van der Waals surface area contributed by atoms with Gasteiger partial charge in [-0.3, -0.25) is 43.3 Å². The number of Topliss-reactive ketones (excluding diaryl/α,β-unsaturated/α-hetero) is 1. The summed E-state index contributed by atoms with van der Waals surface area (Å²) in [6.07, 6.45) is -10.7. The maximum absolute atomic E-state index is 16.0. The van der Waals surface area contributed by atoms with Gasteiger partial charge in [0.1, 0.15) is 30.0 Å². The molecular weight excluding hydrogens is 1480 g/mol. The Bertz CT molecular complexity index is 4900. The molecule has 1 saturated heterocycles. The predicted octanol–water partition coefficient (Wildman–Crippen LogP) is 5.33. The monoisotopic (exact) mass is 1570 g/mol. The Morgan fingerprint density at radius 2 is 1.37 bits per heavy atom. The van der Waals surface area contributed by atoms with Crippen molar-refractivity contribution in [1.82, 2.24) is 30.6 Å². The fourth-order valence-electron chi connectivity index (χ4n) is 16.0. The third-order valence-corrected chi connectivity index (χ3v) is 30.4. The highest BCUT2D eigenvalue weighted by Crippen LogP contribution is 2.64. The van der Waals surface area contributed by atoms with Gasteiger partial charge in [-0.15, -0.1) is 0 Å². The number of esters is 4. The Hall–Kier alpha value is -11.2. The normalized spacial score (nSPS) is 23.7. The number of ether oxygens (including phenoxy) is 5. The number of aromatic nitrogens is 4. The summed E-state index contributed by atoms with van der Waals surface area (Å²) in [4.78, 5) is 165. The molecule has 33 heteroatoms. The summed E-state index contributed by atoms with van der Waals surface area (Å²) in [5.74, 6) is -11.3. The van der Waals surface area contributed by atoms with E-state index in [2.05, 4.69) is 41.2 Å². The van der Waals surface area contributed by atoms with Crippen molar-refractivity contribution in [1.29, 1.82) is 0 Å². The van der Waals surface area contributed by atoms with E-state index in [0.717, 1.165) is 19.0 Å². The van der Waals surface area contributed by atoms with Crippen molar-refractivity contribution < 1.29 is 101 Å². The number of nitrogen functional groups attached to an aromatic ring is 1. The number of aliphatic hydroxyl groups is 3. The average molecular weight is 1570 g/mol. The maximum atomic E-state index is 16.0. The molecule has 12 N–H and O–H groups in total. The van der Waals surface area contributed by atoms with Gasteiger partial charge < -0.3 is 80.3 Å². The third-order valence-electron chi connectivity index (χ3n) is 22.0. The van der Waals surface area contributed by atoms with Crippen LogP contribution in [-0.2, 0) is 67.9 Å². The second kappa shape index (κ2) is 32.6. The molecule has 0 spiro atoms. The lowest BCUT2D eigenvalue weighted by Crippen LogP contribution is -2.82. The van der Waals surface area contributed by atoms with E-state index in [0.29, 0.717) is 33.9 Å². The number of rotatable bonds is 28. The zero-order valence-corrected chi connectivity index (χ0v) is 64.9. The predicted molar refractivity (Wildman–Crippen MR) is 408 cm³/mol. The highest BCUT2D eigenvalue weighted by molar-refractivity contribution is 6.97. The highest BCUT2D eigenvalue weighted by Gasteiger charge is 2.78. The van der Waals surface area contributed by atoms with Gasteiger partial charge in [0, 0.05) is 67.4 Å². The largest absolute Gasteiger partial charge is 0.481 e. The molecule has 112 heavy (non-hydrogen) atoms. The lowest BCUT2D eigenvalue weighted by Gasteiger charge is -2.67. The maximum Gasteiger partial charge on any atom is 0.338 e. The van der Waals surface area contributed by atoms with Crippen LogP contribution in [0.4, 0.5) is 17.3 Å². The Balaban J connectivity index is 0.818. The van der Waals surface area contributed by atoms with Crippen LogP contribution in [0.2, 0.25) is 25.7 Å². The number of hydrogen-bond donors (Lipinski definition) is 11. The molecule has 3 aliphatic carbocycles. The first kappa shape index (κ1) is 81.8. The number of amides is 3. The van der Waals surface area contributed by atoms with Crippen LogP contribution in [0.5, 0.6) is 0 Å². The number of hydrogen-bond acceptors (Lipinski definition) is 25. The van der Waals surface area contributed by atoms with Crippen molar-refractivity contribution in [2.45, 2.75) is 172 Å². The van der Waals surface area contributed by atoms with Crippen LogP contribution in [0, 0.1) is 16.7 Å². The number of aromatic amines is 1. The number of nitrogens with one attached hydrogen (secondary N) is 5. The molecule has 5 aromatic carbocycles. The molecule has 1 aliphatic heterocycles. The number of anilines is 3. The minimum absolute atomic E-state index is 0.00354. The molecule has 2 bridgehead atoms. The number of nitrogens with zero attached hydrogens (tertiary/aromatic N) is 3. The zero-order chi connectivity index (χ0) is 81.2. The topological polar surface area (TPSA) is 473 Å². The summed E-state index contributed by atoms with van der Waals surface area (Å²) in [6.45, 7) is 13.5. The molecule has 3 heterocycles. The first-order valence-electron chi connectivity index (χ1n) is 36.4. The number of nitrogens with two attached hydrogens (primary N) is 1. The van der Waals surface area contributed by atoms with Gasteiger partial charge >= 0.3 is 35.8 Å². The van der Waals surface area contributed by atoms with Crippen LogP contribution in [0.25, 0.3) is 11.2 Å². The number of fused-ring (bicyclic) bond motifs is 6. The second-order valence-corrected chi connectivity index (χ2v) is 38.1. The molecule has 3 fully saturated rings. The number of benzene rings is 5. The molecule has 590 valence electrons. The van der Waals surface area contributed by atoms with Crippen molar-refractivity contribution in [3.8, 4) is 0 Å². The van der Waals surface area contributed by atoms with Crippen molar-refractivity contribution in [2.24, 2.45) is 16.7 Å². The van der Waals surface area contributed by atoms with Gasteiger partial charge in [0.05, 0.1) is 54.1 Å². The van der Waals surface area contributed by atoms with E-state index in [1.54, 1.807) is 97.1 Å². The average Bonchev–Trinajstić information content (AvgIpc) is 0.667. The fraction of sp³-hybridized carbons (Fsp3) is 0.392. The van der Waals surface area contributed by atoms with Gasteiger partial charge in [-0.1, -0.05) is 86.6 Å². The quantitative estimate of drug-likeness (QED) is 0.0128. The van der Waals surface area contributed by atoms with Gasteiger partial charge in [0.25, 0.3) is 17.4 Å². The van der Waals surface area contributed by atoms with Crippen LogP contribution in [0.15, 0.2) is 156 Å². The number of carbonyl (C=O) groups excluding carboxylic acids is 8. The second-order valence-electron chi connectivity index (χ2n) is 30.1. The van der Waals surface area contributed by atoms with Crippen molar-refractivity contribution in [3.05, 3.63) is 189 Å². The Morgan fingerprint density at radius 1 is 0.750 bits per heavy atom.